The van der Waals surface area contributed by atoms with Crippen LogP contribution >= 0.6 is 0 Å². The lowest BCUT2D eigenvalue weighted by molar-refractivity contribution is -0.134. The summed E-state index contributed by atoms with van der Waals surface area (Å²) in [6, 6.07) is 0. The normalized spacial score (nSPS) is 39.2. The zero-order valence-corrected chi connectivity index (χ0v) is 7.42. The summed E-state index contributed by atoms with van der Waals surface area (Å²) in [5.41, 5.74) is -0.497. The number of carbonyl (C=O) groups excluding carboxylic acids is 1. The van der Waals surface area contributed by atoms with Crippen LogP contribution in [0, 0.1) is 5.92 Å². The minimum atomic E-state index is -0.497. The maximum Gasteiger partial charge on any atom is 0.222 e. The molecular weight excluding hydrogens is 154 g/mol. The number of β-amino-alcohol motifs (C(OH)–C–C–N with tert-alkyl or cyclic N) is 1. The number of nitrogens with zero attached hydrogens (tertiary/aromatic N) is 1. The lowest BCUT2D eigenvalue weighted by Crippen LogP contribution is -2.43. The fourth-order valence-corrected chi connectivity index (χ4v) is 2.09. The number of aliphatic hydroxyl groups is 1. The van der Waals surface area contributed by atoms with Gasteiger partial charge in [0.15, 0.2) is 0 Å². The lowest BCUT2D eigenvalue weighted by atomic mass is 10.1. The molecule has 0 radical (unpaired) electrons. The van der Waals surface area contributed by atoms with E-state index < -0.39 is 5.60 Å². The third kappa shape index (κ3) is 1.12. The van der Waals surface area contributed by atoms with Crippen molar-refractivity contribution in [3.8, 4) is 0 Å². The second-order valence-electron chi connectivity index (χ2n) is 3.96. The average molecular weight is 169 g/mol. The molecule has 0 aromatic carbocycles. The quantitative estimate of drug-likeness (QED) is 0.616. The van der Waals surface area contributed by atoms with E-state index in [1.165, 1.54) is 0 Å². The van der Waals surface area contributed by atoms with Crippen LogP contribution in [-0.2, 0) is 4.79 Å². The molecule has 1 amide bonds. The molecule has 2 fully saturated rings. The molecular formula is C9H15NO2. The van der Waals surface area contributed by atoms with Gasteiger partial charge in [-0.15, -0.1) is 0 Å². The van der Waals surface area contributed by atoms with E-state index >= 15 is 0 Å². The van der Waals surface area contributed by atoms with Gasteiger partial charge in [-0.3, -0.25) is 4.79 Å². The van der Waals surface area contributed by atoms with Crippen LogP contribution in [0.5, 0.6) is 0 Å². The predicted molar refractivity (Wildman–Crippen MR) is 44.5 cm³/mol. The van der Waals surface area contributed by atoms with Gasteiger partial charge in [0.25, 0.3) is 0 Å². The van der Waals surface area contributed by atoms with Gasteiger partial charge in [0.1, 0.15) is 0 Å². The van der Waals surface area contributed by atoms with Crippen LogP contribution in [0.15, 0.2) is 0 Å². The molecule has 0 aromatic rings. The SMILES string of the molecule is CCC(=O)N1CC[C@@H]2C[C@]2(O)C1. The molecule has 68 valence electrons. The second kappa shape index (κ2) is 2.46. The van der Waals surface area contributed by atoms with Crippen molar-refractivity contribution in [1.82, 2.24) is 4.90 Å². The molecule has 1 saturated heterocycles. The molecule has 1 aliphatic heterocycles. The molecule has 1 saturated carbocycles. The highest BCUT2D eigenvalue weighted by molar-refractivity contribution is 5.76. The summed E-state index contributed by atoms with van der Waals surface area (Å²) in [6.07, 6.45) is 2.45. The van der Waals surface area contributed by atoms with E-state index in [1.54, 1.807) is 4.90 Å². The molecule has 1 heterocycles. The van der Waals surface area contributed by atoms with Crippen molar-refractivity contribution in [3.63, 3.8) is 0 Å². The highest BCUT2D eigenvalue weighted by Crippen LogP contribution is 2.49. The first-order chi connectivity index (χ1) is 5.65. The summed E-state index contributed by atoms with van der Waals surface area (Å²) in [5, 5.41) is 9.77. The summed E-state index contributed by atoms with van der Waals surface area (Å²) in [4.78, 5) is 13.1. The summed E-state index contributed by atoms with van der Waals surface area (Å²) in [6.45, 7) is 3.29. The van der Waals surface area contributed by atoms with Crippen molar-refractivity contribution in [2.75, 3.05) is 13.1 Å². The number of fused-ring (bicyclic) bond motifs is 1. The number of amides is 1. The number of piperidine rings is 1. The minimum Gasteiger partial charge on any atom is -0.388 e. The Bertz CT molecular complexity index is 217. The van der Waals surface area contributed by atoms with Crippen molar-refractivity contribution >= 4 is 5.91 Å². The van der Waals surface area contributed by atoms with Gasteiger partial charge in [-0.05, 0) is 18.8 Å². The summed E-state index contributed by atoms with van der Waals surface area (Å²) >= 11 is 0. The van der Waals surface area contributed by atoms with Crippen LogP contribution in [0.4, 0.5) is 0 Å². The average Bonchev–Trinajstić information content (AvgIpc) is 2.73. The Hall–Kier alpha value is -0.570. The predicted octanol–water partition coefficient (Wildman–Crippen LogP) is 0.380. The Kier molecular flexibility index (Phi) is 1.65. The fourth-order valence-electron chi connectivity index (χ4n) is 2.09. The fraction of sp³-hybridized carbons (Fsp3) is 0.889. The van der Waals surface area contributed by atoms with E-state index in [9.17, 15) is 9.90 Å². The Morgan fingerprint density at radius 3 is 3.08 bits per heavy atom. The van der Waals surface area contributed by atoms with Crippen LogP contribution in [0.1, 0.15) is 26.2 Å². The molecule has 0 unspecified atom stereocenters. The van der Waals surface area contributed by atoms with Crippen LogP contribution in [0.2, 0.25) is 0 Å². The van der Waals surface area contributed by atoms with E-state index in [-0.39, 0.29) is 5.91 Å². The van der Waals surface area contributed by atoms with Gasteiger partial charge in [0.2, 0.25) is 5.91 Å². The van der Waals surface area contributed by atoms with Crippen molar-refractivity contribution in [1.29, 1.82) is 0 Å². The van der Waals surface area contributed by atoms with Gasteiger partial charge in [-0.2, -0.15) is 0 Å². The standard InChI is InChI=1S/C9H15NO2/c1-2-8(11)10-4-3-7-5-9(7,12)6-10/h7,12H,2-6H2,1H3/t7-,9+/m1/s1. The second-order valence-corrected chi connectivity index (χ2v) is 3.96. The van der Waals surface area contributed by atoms with Gasteiger partial charge >= 0.3 is 0 Å². The van der Waals surface area contributed by atoms with E-state index in [0.717, 1.165) is 19.4 Å². The molecule has 3 nitrogen and oxygen atoms in total. The summed E-state index contributed by atoms with van der Waals surface area (Å²) < 4.78 is 0. The Balaban J connectivity index is 1.97. The van der Waals surface area contributed by atoms with Crippen molar-refractivity contribution in [2.24, 2.45) is 5.92 Å². The molecule has 1 aliphatic carbocycles. The van der Waals surface area contributed by atoms with Gasteiger partial charge in [0, 0.05) is 19.5 Å². The number of hydrogen-bond donors (Lipinski definition) is 1. The molecule has 0 spiro atoms. The molecule has 1 N–H and O–H groups in total. The zero-order valence-electron chi connectivity index (χ0n) is 7.42. The molecule has 2 rings (SSSR count). The number of hydrogen-bond acceptors (Lipinski definition) is 2. The van der Waals surface area contributed by atoms with Crippen molar-refractivity contribution in [3.05, 3.63) is 0 Å². The van der Waals surface area contributed by atoms with Crippen molar-refractivity contribution in [2.45, 2.75) is 31.8 Å². The van der Waals surface area contributed by atoms with Gasteiger partial charge < -0.3 is 10.0 Å². The van der Waals surface area contributed by atoms with Gasteiger partial charge in [-0.25, -0.2) is 0 Å². The minimum absolute atomic E-state index is 0.175. The van der Waals surface area contributed by atoms with Gasteiger partial charge in [0.05, 0.1) is 5.60 Å². The van der Waals surface area contributed by atoms with E-state index in [2.05, 4.69) is 0 Å². The molecule has 0 bridgehead atoms. The first-order valence-electron chi connectivity index (χ1n) is 4.66. The first-order valence-corrected chi connectivity index (χ1v) is 4.66. The summed E-state index contributed by atoms with van der Waals surface area (Å²) in [5.74, 6) is 0.659. The van der Waals surface area contributed by atoms with Crippen LogP contribution < -0.4 is 0 Å². The first kappa shape index (κ1) is 8.05. The smallest absolute Gasteiger partial charge is 0.222 e. The van der Waals surface area contributed by atoms with E-state index in [0.29, 0.717) is 18.9 Å². The van der Waals surface area contributed by atoms with E-state index in [1.807, 2.05) is 6.92 Å². The molecule has 3 heteroatoms. The number of likely N-dealkylation sites (tertiary alicyclic amines) is 1. The Morgan fingerprint density at radius 1 is 1.75 bits per heavy atom. The van der Waals surface area contributed by atoms with Crippen LogP contribution in [0.25, 0.3) is 0 Å². The maximum atomic E-state index is 11.3. The van der Waals surface area contributed by atoms with Gasteiger partial charge in [-0.1, -0.05) is 6.92 Å². The number of rotatable bonds is 1. The maximum absolute atomic E-state index is 11.3. The molecule has 2 aliphatic rings. The zero-order chi connectivity index (χ0) is 8.77. The molecule has 2 atom stereocenters. The molecule has 0 aromatic heterocycles. The largest absolute Gasteiger partial charge is 0.388 e. The van der Waals surface area contributed by atoms with Crippen LogP contribution in [-0.4, -0.2) is 34.6 Å². The summed E-state index contributed by atoms with van der Waals surface area (Å²) in [7, 11) is 0. The Morgan fingerprint density at radius 2 is 2.50 bits per heavy atom. The third-order valence-corrected chi connectivity index (χ3v) is 3.07. The number of carbonyl (C=O) groups is 1. The Labute approximate surface area is 72.4 Å². The topological polar surface area (TPSA) is 40.5 Å². The third-order valence-electron chi connectivity index (χ3n) is 3.07. The van der Waals surface area contributed by atoms with Crippen molar-refractivity contribution < 1.29 is 9.90 Å². The lowest BCUT2D eigenvalue weighted by Gasteiger charge is -2.29. The highest BCUT2D eigenvalue weighted by Gasteiger charge is 2.56. The van der Waals surface area contributed by atoms with Crippen LogP contribution in [0.3, 0.4) is 0 Å². The monoisotopic (exact) mass is 169 g/mol. The highest BCUT2D eigenvalue weighted by atomic mass is 16.3. The molecule has 12 heavy (non-hydrogen) atoms. The van der Waals surface area contributed by atoms with E-state index in [4.69, 9.17) is 0 Å².